The van der Waals surface area contributed by atoms with Gasteiger partial charge in [-0.25, -0.2) is 0 Å². The van der Waals surface area contributed by atoms with Crippen molar-refractivity contribution in [3.8, 4) is 11.3 Å². The zero-order chi connectivity index (χ0) is 16.1. The molecule has 0 aliphatic carbocycles. The summed E-state index contributed by atoms with van der Waals surface area (Å²) in [6.07, 6.45) is 3.33. The van der Waals surface area contributed by atoms with E-state index in [4.69, 9.17) is 9.26 Å². The topological polar surface area (TPSA) is 80.5 Å². The number of ether oxygens (including phenoxy) is 1. The highest BCUT2D eigenvalue weighted by Crippen LogP contribution is 2.24. The van der Waals surface area contributed by atoms with E-state index in [2.05, 4.69) is 20.4 Å². The summed E-state index contributed by atoms with van der Waals surface area (Å²) in [4.78, 5) is 18.7. The van der Waals surface area contributed by atoms with Gasteiger partial charge in [0.05, 0.1) is 13.2 Å². The summed E-state index contributed by atoms with van der Waals surface area (Å²) in [7, 11) is 0. The molecular weight excluding hydrogens is 296 g/mol. The minimum atomic E-state index is -0.163. The Morgan fingerprint density at radius 3 is 2.78 bits per heavy atom. The number of carbonyl (C=O) groups is 1. The number of hydrogen-bond acceptors (Lipinski definition) is 6. The van der Waals surface area contributed by atoms with Gasteiger partial charge in [-0.1, -0.05) is 5.16 Å². The molecule has 0 saturated carbocycles. The van der Waals surface area contributed by atoms with Crippen LogP contribution in [-0.4, -0.2) is 60.3 Å². The average Bonchev–Trinajstić information content (AvgIpc) is 2.98. The van der Waals surface area contributed by atoms with Crippen LogP contribution in [0.1, 0.15) is 16.1 Å². The molecule has 3 heterocycles. The van der Waals surface area contributed by atoms with Crippen LogP contribution in [0.3, 0.4) is 0 Å². The first kappa shape index (κ1) is 15.6. The minimum Gasteiger partial charge on any atom is -0.379 e. The molecule has 2 aromatic rings. The van der Waals surface area contributed by atoms with Crippen molar-refractivity contribution in [3.63, 3.8) is 0 Å². The third kappa shape index (κ3) is 3.75. The van der Waals surface area contributed by atoms with Crippen LogP contribution in [0.4, 0.5) is 0 Å². The van der Waals surface area contributed by atoms with Gasteiger partial charge < -0.3 is 14.6 Å². The molecule has 7 nitrogen and oxygen atoms in total. The molecule has 1 fully saturated rings. The highest BCUT2D eigenvalue weighted by Gasteiger charge is 2.21. The normalized spacial score (nSPS) is 15.5. The van der Waals surface area contributed by atoms with E-state index in [0.717, 1.165) is 38.4 Å². The zero-order valence-corrected chi connectivity index (χ0v) is 13.1. The third-order valence-corrected chi connectivity index (χ3v) is 3.86. The molecule has 0 spiro atoms. The van der Waals surface area contributed by atoms with Crippen molar-refractivity contribution in [2.75, 3.05) is 39.4 Å². The molecule has 1 N–H and O–H groups in total. The lowest BCUT2D eigenvalue weighted by atomic mass is 10.1. The number of nitrogens with zero attached hydrogens (tertiary/aromatic N) is 3. The van der Waals surface area contributed by atoms with Gasteiger partial charge in [-0.2, -0.15) is 0 Å². The summed E-state index contributed by atoms with van der Waals surface area (Å²) in [6, 6.07) is 3.61. The van der Waals surface area contributed by atoms with E-state index in [1.54, 1.807) is 19.3 Å². The van der Waals surface area contributed by atoms with Gasteiger partial charge in [0.15, 0.2) is 0 Å². The summed E-state index contributed by atoms with van der Waals surface area (Å²) in [5, 5.41) is 6.96. The molecule has 3 rings (SSSR count). The van der Waals surface area contributed by atoms with Gasteiger partial charge in [0, 0.05) is 44.1 Å². The molecule has 23 heavy (non-hydrogen) atoms. The van der Waals surface area contributed by atoms with Crippen LogP contribution in [-0.2, 0) is 4.74 Å². The third-order valence-electron chi connectivity index (χ3n) is 3.86. The molecule has 1 saturated heterocycles. The van der Waals surface area contributed by atoms with Gasteiger partial charge in [0.2, 0.25) is 0 Å². The fraction of sp³-hybridized carbons (Fsp3) is 0.438. The standard InChI is InChI=1S/C16H20N4O3/c1-12-14(15(19-23-12)13-2-4-17-5-3-13)16(21)18-6-7-20-8-10-22-11-9-20/h2-5H,6-11H2,1H3,(H,18,21). The van der Waals surface area contributed by atoms with E-state index in [1.165, 1.54) is 0 Å². The van der Waals surface area contributed by atoms with Gasteiger partial charge in [0.1, 0.15) is 17.0 Å². The highest BCUT2D eigenvalue weighted by atomic mass is 16.5. The van der Waals surface area contributed by atoms with Crippen molar-refractivity contribution in [2.45, 2.75) is 6.92 Å². The number of pyridine rings is 1. The predicted molar refractivity (Wildman–Crippen MR) is 84.1 cm³/mol. The minimum absolute atomic E-state index is 0.163. The maximum atomic E-state index is 12.5. The van der Waals surface area contributed by atoms with Crippen molar-refractivity contribution >= 4 is 5.91 Å². The molecule has 1 amide bonds. The van der Waals surface area contributed by atoms with Crippen molar-refractivity contribution in [1.82, 2.24) is 20.4 Å². The van der Waals surface area contributed by atoms with Gasteiger partial charge in [-0.3, -0.25) is 14.7 Å². The lowest BCUT2D eigenvalue weighted by molar-refractivity contribution is 0.0383. The van der Waals surface area contributed by atoms with Crippen LogP contribution >= 0.6 is 0 Å². The number of carbonyl (C=O) groups excluding carboxylic acids is 1. The SMILES string of the molecule is Cc1onc(-c2ccncc2)c1C(=O)NCCN1CCOCC1. The molecule has 0 unspecified atom stereocenters. The maximum absolute atomic E-state index is 12.5. The van der Waals surface area contributed by atoms with E-state index in [-0.39, 0.29) is 5.91 Å². The van der Waals surface area contributed by atoms with Gasteiger partial charge in [-0.15, -0.1) is 0 Å². The molecule has 1 aliphatic heterocycles. The van der Waals surface area contributed by atoms with E-state index in [1.807, 2.05) is 12.1 Å². The molecule has 0 bridgehead atoms. The van der Waals surface area contributed by atoms with E-state index in [0.29, 0.717) is 23.6 Å². The highest BCUT2D eigenvalue weighted by molar-refractivity contribution is 6.00. The molecule has 1 aliphatic rings. The van der Waals surface area contributed by atoms with E-state index in [9.17, 15) is 4.79 Å². The zero-order valence-electron chi connectivity index (χ0n) is 13.1. The van der Waals surface area contributed by atoms with Crippen LogP contribution in [0.15, 0.2) is 29.0 Å². The fourth-order valence-corrected chi connectivity index (χ4v) is 2.59. The molecule has 122 valence electrons. The van der Waals surface area contributed by atoms with Crippen LogP contribution in [0.25, 0.3) is 11.3 Å². The molecule has 2 aromatic heterocycles. The molecular formula is C16H20N4O3. The molecule has 0 radical (unpaired) electrons. The predicted octanol–water partition coefficient (Wildman–Crippen LogP) is 1.11. The average molecular weight is 316 g/mol. The lowest BCUT2D eigenvalue weighted by Crippen LogP contribution is -2.41. The first-order valence-corrected chi connectivity index (χ1v) is 7.70. The second-order valence-electron chi connectivity index (χ2n) is 5.41. The number of nitrogens with one attached hydrogen (secondary N) is 1. The number of aryl methyl sites for hydroxylation is 1. The Balaban J connectivity index is 1.64. The molecule has 0 aromatic carbocycles. The maximum Gasteiger partial charge on any atom is 0.257 e. The summed E-state index contributed by atoms with van der Waals surface area (Å²) in [5.41, 5.74) is 1.85. The fourth-order valence-electron chi connectivity index (χ4n) is 2.59. The number of aromatic nitrogens is 2. The van der Waals surface area contributed by atoms with Crippen LogP contribution in [0.5, 0.6) is 0 Å². The second kappa shape index (κ2) is 7.34. The first-order valence-electron chi connectivity index (χ1n) is 7.70. The lowest BCUT2D eigenvalue weighted by Gasteiger charge is -2.26. The van der Waals surface area contributed by atoms with Crippen LogP contribution < -0.4 is 5.32 Å². The second-order valence-corrected chi connectivity index (χ2v) is 5.41. The smallest absolute Gasteiger partial charge is 0.257 e. The first-order chi connectivity index (χ1) is 11.3. The largest absolute Gasteiger partial charge is 0.379 e. The number of morpholine rings is 1. The number of hydrogen-bond donors (Lipinski definition) is 1. The summed E-state index contributed by atoms with van der Waals surface area (Å²) >= 11 is 0. The Labute approximate surface area is 134 Å². The van der Waals surface area contributed by atoms with Gasteiger partial charge in [0.25, 0.3) is 5.91 Å². The Hall–Kier alpha value is -2.25. The summed E-state index contributed by atoms with van der Waals surface area (Å²) in [6.45, 7) is 6.46. The molecule has 0 atom stereocenters. The number of amides is 1. The van der Waals surface area contributed by atoms with E-state index < -0.39 is 0 Å². The Morgan fingerprint density at radius 2 is 2.04 bits per heavy atom. The van der Waals surface area contributed by atoms with E-state index >= 15 is 0 Å². The van der Waals surface area contributed by atoms with Gasteiger partial charge in [-0.05, 0) is 19.1 Å². The Bertz CT molecular complexity index is 651. The monoisotopic (exact) mass is 316 g/mol. The van der Waals surface area contributed by atoms with Crippen molar-refractivity contribution in [2.24, 2.45) is 0 Å². The summed E-state index contributed by atoms with van der Waals surface area (Å²) in [5.74, 6) is 0.351. The van der Waals surface area contributed by atoms with Gasteiger partial charge >= 0.3 is 0 Å². The van der Waals surface area contributed by atoms with Crippen LogP contribution in [0, 0.1) is 6.92 Å². The summed E-state index contributed by atoms with van der Waals surface area (Å²) < 4.78 is 10.5. The quantitative estimate of drug-likeness (QED) is 0.890. The number of rotatable bonds is 5. The Morgan fingerprint density at radius 1 is 1.30 bits per heavy atom. The van der Waals surface area contributed by atoms with Crippen molar-refractivity contribution in [1.29, 1.82) is 0 Å². The Kier molecular flexibility index (Phi) is 4.99. The molecule has 7 heteroatoms. The van der Waals surface area contributed by atoms with Crippen molar-refractivity contribution in [3.05, 3.63) is 35.9 Å². The van der Waals surface area contributed by atoms with Crippen LogP contribution in [0.2, 0.25) is 0 Å². The van der Waals surface area contributed by atoms with Crippen molar-refractivity contribution < 1.29 is 14.1 Å².